The Bertz CT molecular complexity index is 1140. The molecule has 1 saturated heterocycles. The van der Waals surface area contributed by atoms with Crippen molar-refractivity contribution in [1.82, 2.24) is 19.4 Å². The normalized spacial score (nSPS) is 15.2. The van der Waals surface area contributed by atoms with Gasteiger partial charge in [0.05, 0.1) is 25.2 Å². The van der Waals surface area contributed by atoms with Gasteiger partial charge < -0.3 is 24.0 Å². The molecule has 1 fully saturated rings. The molecule has 8 nitrogen and oxygen atoms in total. The summed E-state index contributed by atoms with van der Waals surface area (Å²) in [6, 6.07) is 5.92. The maximum atomic E-state index is 12.6. The molecule has 2 aromatic heterocycles. The molecule has 0 bridgehead atoms. The van der Waals surface area contributed by atoms with Gasteiger partial charge >= 0.3 is 0 Å². The molecule has 0 unspecified atom stereocenters. The Morgan fingerprint density at radius 1 is 1.03 bits per heavy atom. The zero-order valence-corrected chi connectivity index (χ0v) is 19.6. The van der Waals surface area contributed by atoms with Crippen LogP contribution in [-0.2, 0) is 13.6 Å². The lowest BCUT2D eigenvalue weighted by Crippen LogP contribution is -2.46. The van der Waals surface area contributed by atoms with Crippen LogP contribution in [0.2, 0.25) is 0 Å². The fourth-order valence-corrected chi connectivity index (χ4v) is 4.53. The van der Waals surface area contributed by atoms with Crippen molar-refractivity contribution in [1.29, 1.82) is 0 Å². The Hall–Kier alpha value is -2.94. The van der Waals surface area contributed by atoms with Crippen LogP contribution < -0.4 is 15.0 Å². The number of aliphatic hydroxyl groups excluding tert-OH is 1. The number of rotatable bonds is 8. The van der Waals surface area contributed by atoms with Crippen LogP contribution in [0.5, 0.6) is 11.5 Å². The predicted molar refractivity (Wildman–Crippen MR) is 129 cm³/mol. The molecule has 8 heteroatoms. The van der Waals surface area contributed by atoms with Crippen molar-refractivity contribution < 1.29 is 14.6 Å². The zero-order valence-electron chi connectivity index (χ0n) is 19.6. The van der Waals surface area contributed by atoms with Gasteiger partial charge in [0.25, 0.3) is 5.56 Å². The van der Waals surface area contributed by atoms with E-state index in [4.69, 9.17) is 14.6 Å². The number of benzene rings is 1. The fraction of sp³-hybridized carbons (Fsp3) is 0.440. The maximum absolute atomic E-state index is 12.6. The summed E-state index contributed by atoms with van der Waals surface area (Å²) in [4.78, 5) is 21.5. The molecule has 3 heterocycles. The first-order valence-electron chi connectivity index (χ1n) is 11.3. The van der Waals surface area contributed by atoms with Crippen molar-refractivity contribution in [2.75, 3.05) is 53.6 Å². The highest BCUT2D eigenvalue weighted by Crippen LogP contribution is 2.37. The van der Waals surface area contributed by atoms with E-state index in [1.807, 2.05) is 24.4 Å². The van der Waals surface area contributed by atoms with Gasteiger partial charge in [0.15, 0.2) is 0 Å². The van der Waals surface area contributed by atoms with Crippen LogP contribution in [0, 0.1) is 0 Å². The number of methoxy groups -OCH3 is 2. The van der Waals surface area contributed by atoms with Crippen LogP contribution in [0.25, 0.3) is 21.9 Å². The first kappa shape index (κ1) is 23.2. The van der Waals surface area contributed by atoms with Crippen molar-refractivity contribution in [3.63, 3.8) is 0 Å². The zero-order chi connectivity index (χ0) is 23.4. The van der Waals surface area contributed by atoms with E-state index in [1.54, 1.807) is 38.2 Å². The van der Waals surface area contributed by atoms with E-state index in [-0.39, 0.29) is 12.2 Å². The van der Waals surface area contributed by atoms with E-state index < -0.39 is 0 Å². The maximum Gasteiger partial charge on any atom is 0.259 e. The summed E-state index contributed by atoms with van der Waals surface area (Å²) in [6.07, 6.45) is 5.99. The quantitative estimate of drug-likeness (QED) is 0.561. The first-order valence-corrected chi connectivity index (χ1v) is 11.3. The van der Waals surface area contributed by atoms with Crippen LogP contribution in [0.3, 0.4) is 0 Å². The van der Waals surface area contributed by atoms with Gasteiger partial charge in [-0.05, 0) is 35.6 Å². The van der Waals surface area contributed by atoms with E-state index in [0.29, 0.717) is 5.39 Å². The molecule has 33 heavy (non-hydrogen) atoms. The van der Waals surface area contributed by atoms with Crippen molar-refractivity contribution in [2.24, 2.45) is 7.05 Å². The summed E-state index contributed by atoms with van der Waals surface area (Å²) in [5, 5.41) is 10.5. The summed E-state index contributed by atoms with van der Waals surface area (Å²) in [7, 11) is 5.11. The van der Waals surface area contributed by atoms with E-state index in [2.05, 4.69) is 14.8 Å². The summed E-state index contributed by atoms with van der Waals surface area (Å²) < 4.78 is 13.2. The monoisotopic (exact) mass is 452 g/mol. The van der Waals surface area contributed by atoms with E-state index >= 15 is 0 Å². The van der Waals surface area contributed by atoms with Gasteiger partial charge in [0.2, 0.25) is 0 Å². The molecule has 3 aromatic rings. The molecular weight excluding hydrogens is 420 g/mol. The van der Waals surface area contributed by atoms with Crippen LogP contribution >= 0.6 is 0 Å². The van der Waals surface area contributed by atoms with Crippen LogP contribution in [0.4, 0.5) is 0 Å². The number of nitrogens with zero attached hydrogens (tertiary/aromatic N) is 4. The molecule has 0 spiro atoms. The molecule has 0 saturated carbocycles. The Morgan fingerprint density at radius 3 is 2.33 bits per heavy atom. The Morgan fingerprint density at radius 2 is 1.70 bits per heavy atom. The molecule has 1 aliphatic rings. The Labute approximate surface area is 194 Å². The highest BCUT2D eigenvalue weighted by molar-refractivity contribution is 5.95. The average molecular weight is 453 g/mol. The van der Waals surface area contributed by atoms with Gasteiger partial charge in [0, 0.05) is 77.1 Å². The van der Waals surface area contributed by atoms with Gasteiger partial charge in [-0.25, -0.2) is 0 Å². The third kappa shape index (κ3) is 4.88. The van der Waals surface area contributed by atoms with E-state index in [1.165, 1.54) is 0 Å². The topological polar surface area (TPSA) is 80.1 Å². The number of hydrogen-bond acceptors (Lipinski definition) is 7. The highest BCUT2D eigenvalue weighted by Gasteiger charge is 2.22. The Kier molecular flexibility index (Phi) is 7.27. The number of aromatic nitrogens is 2. The second-order valence-electron chi connectivity index (χ2n) is 8.43. The Balaban J connectivity index is 1.66. The largest absolute Gasteiger partial charge is 0.496 e. The first-order chi connectivity index (χ1) is 16.0. The lowest BCUT2D eigenvalue weighted by molar-refractivity contribution is 0.118. The highest BCUT2D eigenvalue weighted by atomic mass is 16.5. The van der Waals surface area contributed by atoms with Gasteiger partial charge in [-0.2, -0.15) is 0 Å². The van der Waals surface area contributed by atoms with Crippen LogP contribution in [0.1, 0.15) is 12.0 Å². The molecule has 176 valence electrons. The minimum Gasteiger partial charge on any atom is -0.496 e. The summed E-state index contributed by atoms with van der Waals surface area (Å²) >= 11 is 0. The van der Waals surface area contributed by atoms with Gasteiger partial charge in [-0.1, -0.05) is 0 Å². The van der Waals surface area contributed by atoms with Crippen molar-refractivity contribution in [3.8, 4) is 22.6 Å². The molecule has 1 aromatic carbocycles. The standard InChI is InChI=1S/C25H32N4O4/c1-27-16-21(19-5-6-26-15-20(19)25(27)31)18-13-23(32-2)22(24(14-18)33-3)17-29-10-8-28(9-11-29)7-4-12-30/h5-6,13-16,30H,4,7-12,17H2,1-3H3. The molecule has 0 amide bonds. The number of ether oxygens (including phenoxy) is 2. The van der Waals surface area contributed by atoms with Crippen molar-refractivity contribution >= 4 is 10.8 Å². The van der Waals surface area contributed by atoms with E-state index in [9.17, 15) is 4.79 Å². The van der Waals surface area contributed by atoms with Gasteiger partial charge in [0.1, 0.15) is 11.5 Å². The minimum atomic E-state index is -0.0736. The summed E-state index contributed by atoms with van der Waals surface area (Å²) in [5.41, 5.74) is 2.79. The number of aliphatic hydroxyl groups is 1. The molecule has 0 radical (unpaired) electrons. The van der Waals surface area contributed by atoms with Crippen LogP contribution in [0.15, 0.2) is 41.6 Å². The second-order valence-corrected chi connectivity index (χ2v) is 8.43. The van der Waals surface area contributed by atoms with E-state index in [0.717, 1.165) is 79.3 Å². The SMILES string of the molecule is COc1cc(-c2cn(C)c(=O)c3cnccc23)cc(OC)c1CN1CCN(CCCO)CC1. The molecular formula is C25H32N4O4. The van der Waals surface area contributed by atoms with Crippen LogP contribution in [-0.4, -0.2) is 78.0 Å². The second kappa shape index (κ2) is 10.3. The fourth-order valence-electron chi connectivity index (χ4n) is 4.53. The predicted octanol–water partition coefficient (Wildman–Crippen LogP) is 2.12. The molecule has 1 N–H and O–H groups in total. The average Bonchev–Trinajstić information content (AvgIpc) is 2.85. The number of pyridine rings is 2. The van der Waals surface area contributed by atoms with Gasteiger partial charge in [-0.15, -0.1) is 0 Å². The number of fused-ring (bicyclic) bond motifs is 1. The lowest BCUT2D eigenvalue weighted by atomic mass is 9.99. The lowest BCUT2D eigenvalue weighted by Gasteiger charge is -2.35. The number of aryl methyl sites for hydroxylation is 1. The number of piperazine rings is 1. The van der Waals surface area contributed by atoms with Crippen molar-refractivity contribution in [3.05, 3.63) is 52.7 Å². The van der Waals surface area contributed by atoms with Crippen molar-refractivity contribution in [2.45, 2.75) is 13.0 Å². The third-order valence-electron chi connectivity index (χ3n) is 6.38. The summed E-state index contributed by atoms with van der Waals surface area (Å²) in [5.74, 6) is 1.53. The molecule has 1 aliphatic heterocycles. The molecule has 4 rings (SSSR count). The third-order valence-corrected chi connectivity index (χ3v) is 6.38. The minimum absolute atomic E-state index is 0.0736. The molecule has 0 atom stereocenters. The molecule has 0 aliphatic carbocycles. The van der Waals surface area contributed by atoms with Gasteiger partial charge in [-0.3, -0.25) is 14.7 Å². The summed E-state index contributed by atoms with van der Waals surface area (Å²) in [6.45, 7) is 5.80. The number of hydrogen-bond donors (Lipinski definition) is 1. The smallest absolute Gasteiger partial charge is 0.259 e.